The number of thiophene rings is 1. The van der Waals surface area contributed by atoms with Gasteiger partial charge in [-0.3, -0.25) is 0 Å². The van der Waals surface area contributed by atoms with Crippen LogP contribution in [-0.2, 0) is 10.0 Å². The molecule has 2 heterocycles. The van der Waals surface area contributed by atoms with Gasteiger partial charge < -0.3 is 5.32 Å². The van der Waals surface area contributed by atoms with Gasteiger partial charge in [0.05, 0.1) is 10.9 Å². The zero-order valence-corrected chi connectivity index (χ0v) is 15.9. The van der Waals surface area contributed by atoms with Crippen molar-refractivity contribution in [1.82, 2.24) is 4.72 Å². The van der Waals surface area contributed by atoms with Gasteiger partial charge in [-0.05, 0) is 61.4 Å². The lowest BCUT2D eigenvalue weighted by atomic mass is 9.79. The van der Waals surface area contributed by atoms with Crippen molar-refractivity contribution in [1.29, 1.82) is 0 Å². The molecule has 6 heteroatoms. The van der Waals surface area contributed by atoms with Crippen molar-refractivity contribution >= 4 is 27.0 Å². The molecule has 4 rings (SSSR count). The van der Waals surface area contributed by atoms with Crippen molar-refractivity contribution in [2.45, 2.75) is 43.2 Å². The van der Waals surface area contributed by atoms with Crippen LogP contribution in [0.3, 0.4) is 0 Å². The van der Waals surface area contributed by atoms with E-state index < -0.39 is 10.0 Å². The highest BCUT2D eigenvalue weighted by atomic mass is 32.2. The van der Waals surface area contributed by atoms with Crippen molar-refractivity contribution in [3.8, 4) is 0 Å². The Balaban J connectivity index is 1.74. The monoisotopic (exact) mass is 374 g/mol. The highest BCUT2D eigenvalue weighted by Gasteiger charge is 2.38. The molecule has 0 fully saturated rings. The fourth-order valence-corrected chi connectivity index (χ4v) is 6.01. The Kier molecular flexibility index (Phi) is 4.22. The number of nitrogens with one attached hydrogen (secondary N) is 2. The Hall–Kier alpha value is -1.63. The summed E-state index contributed by atoms with van der Waals surface area (Å²) in [7, 11) is -3.48. The van der Waals surface area contributed by atoms with Gasteiger partial charge >= 0.3 is 0 Å². The SMILES string of the molecule is CC(C)NS(=O)(=O)c1ccc2c(c1)C1C=CCC1C(c1cccs1)N2. The van der Waals surface area contributed by atoms with E-state index in [-0.39, 0.29) is 18.0 Å². The molecule has 3 unspecified atom stereocenters. The number of hydrogen-bond acceptors (Lipinski definition) is 4. The average molecular weight is 375 g/mol. The lowest BCUT2D eigenvalue weighted by Crippen LogP contribution is -2.31. The Bertz CT molecular complexity index is 902. The number of fused-ring (bicyclic) bond motifs is 3. The van der Waals surface area contributed by atoms with Gasteiger partial charge in [-0.25, -0.2) is 13.1 Å². The maximum absolute atomic E-state index is 12.5. The number of benzene rings is 1. The predicted octanol–water partition coefficient (Wildman–Crippen LogP) is 4.26. The van der Waals surface area contributed by atoms with Crippen LogP contribution in [0.4, 0.5) is 5.69 Å². The first-order chi connectivity index (χ1) is 12.0. The molecule has 0 saturated carbocycles. The molecule has 0 radical (unpaired) electrons. The minimum absolute atomic E-state index is 0.124. The average Bonchev–Trinajstić information content (AvgIpc) is 3.24. The fraction of sp³-hybridized carbons (Fsp3) is 0.368. The molecule has 132 valence electrons. The van der Waals surface area contributed by atoms with Crippen molar-refractivity contribution in [3.63, 3.8) is 0 Å². The molecule has 25 heavy (non-hydrogen) atoms. The Morgan fingerprint density at radius 1 is 1.28 bits per heavy atom. The minimum atomic E-state index is -3.48. The first-order valence-electron chi connectivity index (χ1n) is 8.58. The van der Waals surface area contributed by atoms with Crippen LogP contribution in [0.1, 0.15) is 42.7 Å². The number of allylic oxidation sites excluding steroid dienone is 2. The highest BCUT2D eigenvalue weighted by molar-refractivity contribution is 7.89. The van der Waals surface area contributed by atoms with Crippen LogP contribution in [0.5, 0.6) is 0 Å². The summed E-state index contributed by atoms with van der Waals surface area (Å²) in [5.41, 5.74) is 2.12. The van der Waals surface area contributed by atoms with E-state index in [1.165, 1.54) is 4.88 Å². The van der Waals surface area contributed by atoms with E-state index in [0.717, 1.165) is 17.7 Å². The smallest absolute Gasteiger partial charge is 0.240 e. The molecule has 0 saturated heterocycles. The van der Waals surface area contributed by atoms with Crippen LogP contribution >= 0.6 is 11.3 Å². The van der Waals surface area contributed by atoms with Crippen molar-refractivity contribution in [2.75, 3.05) is 5.32 Å². The van der Waals surface area contributed by atoms with Crippen LogP contribution in [0.15, 0.2) is 52.8 Å². The number of rotatable bonds is 4. The van der Waals surface area contributed by atoms with E-state index in [2.05, 4.69) is 39.7 Å². The van der Waals surface area contributed by atoms with Crippen LogP contribution in [0, 0.1) is 5.92 Å². The molecule has 0 spiro atoms. The lowest BCUT2D eigenvalue weighted by molar-refractivity contribution is 0.429. The third-order valence-corrected chi connectivity index (χ3v) is 7.50. The summed E-state index contributed by atoms with van der Waals surface area (Å²) in [4.78, 5) is 1.68. The number of hydrogen-bond donors (Lipinski definition) is 2. The number of sulfonamides is 1. The minimum Gasteiger partial charge on any atom is -0.377 e. The second kappa shape index (κ2) is 6.27. The van der Waals surface area contributed by atoms with Crippen molar-refractivity contribution < 1.29 is 8.42 Å². The fourth-order valence-electron chi connectivity index (χ4n) is 3.87. The van der Waals surface area contributed by atoms with E-state index in [1.54, 1.807) is 17.4 Å². The summed E-state index contributed by atoms with van der Waals surface area (Å²) < 4.78 is 27.7. The Labute approximate surface area is 153 Å². The molecule has 2 aliphatic rings. The van der Waals surface area contributed by atoms with Gasteiger partial charge in [-0.15, -0.1) is 11.3 Å². The molecule has 0 bridgehead atoms. The lowest BCUT2D eigenvalue weighted by Gasteiger charge is -2.37. The van der Waals surface area contributed by atoms with Gasteiger partial charge in [0.25, 0.3) is 0 Å². The Morgan fingerprint density at radius 2 is 2.12 bits per heavy atom. The summed E-state index contributed by atoms with van der Waals surface area (Å²) in [6, 6.07) is 9.86. The molecule has 1 aliphatic carbocycles. The van der Waals surface area contributed by atoms with E-state index in [0.29, 0.717) is 10.8 Å². The third kappa shape index (κ3) is 3.03. The summed E-state index contributed by atoms with van der Waals surface area (Å²) in [6.07, 6.45) is 5.47. The van der Waals surface area contributed by atoms with E-state index >= 15 is 0 Å². The second-order valence-electron chi connectivity index (χ2n) is 7.02. The maximum Gasteiger partial charge on any atom is 0.240 e. The van der Waals surface area contributed by atoms with E-state index in [1.807, 2.05) is 26.0 Å². The molecule has 2 aromatic rings. The highest BCUT2D eigenvalue weighted by Crippen LogP contribution is 2.50. The molecule has 0 amide bonds. The van der Waals surface area contributed by atoms with Crippen molar-refractivity contribution in [2.24, 2.45) is 5.92 Å². The summed E-state index contributed by atoms with van der Waals surface area (Å²) in [5.74, 6) is 0.694. The molecular formula is C19H22N2O2S2. The second-order valence-corrected chi connectivity index (χ2v) is 9.71. The van der Waals surface area contributed by atoms with Gasteiger partial charge in [0, 0.05) is 22.5 Å². The predicted molar refractivity (Wildman–Crippen MR) is 103 cm³/mol. The number of anilines is 1. The van der Waals surface area contributed by atoms with Gasteiger partial charge in [0.15, 0.2) is 0 Å². The topological polar surface area (TPSA) is 58.2 Å². The van der Waals surface area contributed by atoms with Crippen LogP contribution in [0.2, 0.25) is 0 Å². The molecular weight excluding hydrogens is 352 g/mol. The summed E-state index contributed by atoms with van der Waals surface area (Å²) in [5, 5.41) is 5.75. The van der Waals surface area contributed by atoms with Gasteiger partial charge in [-0.2, -0.15) is 0 Å². The quantitative estimate of drug-likeness (QED) is 0.786. The maximum atomic E-state index is 12.5. The van der Waals surface area contributed by atoms with Crippen LogP contribution < -0.4 is 10.0 Å². The summed E-state index contributed by atoms with van der Waals surface area (Å²) >= 11 is 1.77. The van der Waals surface area contributed by atoms with Gasteiger partial charge in [-0.1, -0.05) is 18.2 Å². The zero-order valence-electron chi connectivity index (χ0n) is 14.3. The molecule has 2 N–H and O–H groups in total. The van der Waals surface area contributed by atoms with Gasteiger partial charge in [0.2, 0.25) is 10.0 Å². The molecule has 1 aromatic carbocycles. The largest absolute Gasteiger partial charge is 0.377 e. The normalized spacial score (nSPS) is 24.8. The summed E-state index contributed by atoms with van der Waals surface area (Å²) in [6.45, 7) is 3.66. The van der Waals surface area contributed by atoms with Crippen molar-refractivity contribution in [3.05, 3.63) is 58.3 Å². The van der Waals surface area contributed by atoms with Crippen LogP contribution in [0.25, 0.3) is 0 Å². The Morgan fingerprint density at radius 3 is 2.84 bits per heavy atom. The standard InChI is InChI=1S/C19H22N2O2S2/c1-12(2)21-25(22,23)13-8-9-17-16(11-13)14-5-3-6-15(14)19(20-17)18-7-4-10-24-18/h3-5,7-12,14-15,19-21H,6H2,1-2H3. The molecule has 1 aliphatic heterocycles. The van der Waals surface area contributed by atoms with E-state index in [9.17, 15) is 8.42 Å². The molecule has 1 aromatic heterocycles. The molecule has 3 atom stereocenters. The van der Waals surface area contributed by atoms with Crippen LogP contribution in [-0.4, -0.2) is 14.5 Å². The van der Waals surface area contributed by atoms with Gasteiger partial charge in [0.1, 0.15) is 0 Å². The first kappa shape index (κ1) is 16.8. The molecule has 4 nitrogen and oxygen atoms in total. The zero-order chi connectivity index (χ0) is 17.6. The van der Waals surface area contributed by atoms with E-state index in [4.69, 9.17) is 0 Å². The third-order valence-electron chi connectivity index (χ3n) is 4.89. The first-order valence-corrected chi connectivity index (χ1v) is 10.9.